The molecule has 0 amide bonds. The van der Waals surface area contributed by atoms with Crippen molar-refractivity contribution in [2.45, 2.75) is 13.5 Å². The number of ketones is 1. The lowest BCUT2D eigenvalue weighted by Crippen LogP contribution is -2.38. The molecule has 1 saturated heterocycles. The lowest BCUT2D eigenvalue weighted by Gasteiger charge is -2.26. The first-order chi connectivity index (χ1) is 13.7. The molecule has 3 aromatic heterocycles. The topological polar surface area (TPSA) is 51.8 Å². The van der Waals surface area contributed by atoms with Gasteiger partial charge in [-0.05, 0) is 30.5 Å². The van der Waals surface area contributed by atoms with Gasteiger partial charge >= 0.3 is 0 Å². The Balaban J connectivity index is 0.00000128. The van der Waals surface area contributed by atoms with Crippen molar-refractivity contribution in [2.24, 2.45) is 0 Å². The number of nitrogens with zero attached hydrogens (tertiary/aromatic N) is 4. The minimum atomic E-state index is 0. The molecular weight excluding hydrogens is 532 g/mol. The van der Waals surface area contributed by atoms with Gasteiger partial charge in [0.1, 0.15) is 5.69 Å². The minimum Gasteiger partial charge on any atom is -0.379 e. The lowest BCUT2D eigenvalue weighted by atomic mass is 10.2. The summed E-state index contributed by atoms with van der Waals surface area (Å²) in [7, 11) is 0. The van der Waals surface area contributed by atoms with Gasteiger partial charge in [-0.2, -0.15) is 0 Å². The van der Waals surface area contributed by atoms with E-state index < -0.39 is 0 Å². The van der Waals surface area contributed by atoms with Gasteiger partial charge in [0.15, 0.2) is 0 Å². The van der Waals surface area contributed by atoms with Crippen molar-refractivity contribution in [3.05, 3.63) is 58.0 Å². The molecule has 6 nitrogen and oxygen atoms in total. The Morgan fingerprint density at radius 1 is 1.07 bits per heavy atom. The van der Waals surface area contributed by atoms with Gasteiger partial charge < -0.3 is 9.30 Å². The fraction of sp³-hybridized carbons (Fsp3) is 0.333. The van der Waals surface area contributed by atoms with Gasteiger partial charge in [-0.15, -0.1) is 45.3 Å². The molecule has 0 spiro atoms. The molecule has 0 N–H and O–H groups in total. The molecule has 30 heavy (non-hydrogen) atoms. The first kappa shape index (κ1) is 23.1. The number of hydrogen-bond donors (Lipinski definition) is 0. The number of fused-ring (bicyclic) bond motifs is 3. The Morgan fingerprint density at radius 2 is 1.80 bits per heavy atom. The quantitative estimate of drug-likeness (QED) is 0.343. The summed E-state index contributed by atoms with van der Waals surface area (Å²) in [5.41, 5.74) is 3.58. The van der Waals surface area contributed by atoms with Crippen LogP contribution in [-0.2, 0) is 11.3 Å². The smallest absolute Gasteiger partial charge is 0.221 e. The van der Waals surface area contributed by atoms with Gasteiger partial charge in [0.05, 0.1) is 34.8 Å². The van der Waals surface area contributed by atoms with Gasteiger partial charge in [0.2, 0.25) is 11.6 Å². The zero-order valence-electron chi connectivity index (χ0n) is 16.6. The Kier molecular flexibility index (Phi) is 7.52. The van der Waals surface area contributed by atoms with Crippen molar-refractivity contribution < 1.29 is 9.53 Å². The molecule has 0 aliphatic carbocycles. The third-order valence-corrected chi connectivity index (χ3v) is 6.26. The number of thiophene rings is 1. The first-order valence-corrected chi connectivity index (χ1v) is 10.5. The molecule has 4 aromatic rings. The van der Waals surface area contributed by atoms with E-state index in [1.54, 1.807) is 0 Å². The van der Waals surface area contributed by atoms with Crippen LogP contribution >= 0.6 is 45.3 Å². The Hall–Kier alpha value is -1.52. The second-order valence-corrected chi connectivity index (χ2v) is 8.03. The van der Waals surface area contributed by atoms with E-state index >= 15 is 0 Å². The minimum absolute atomic E-state index is 0. The number of imidazole rings is 2. The van der Waals surface area contributed by atoms with E-state index in [0.29, 0.717) is 5.69 Å². The second-order valence-electron chi connectivity index (χ2n) is 7.08. The summed E-state index contributed by atoms with van der Waals surface area (Å²) >= 11 is 1.47. The van der Waals surface area contributed by atoms with Gasteiger partial charge in [-0.25, -0.2) is 4.98 Å². The molecule has 0 saturated carbocycles. The molecule has 0 unspecified atom stereocenters. The van der Waals surface area contributed by atoms with Crippen molar-refractivity contribution in [3.8, 4) is 0 Å². The molecule has 5 rings (SSSR count). The number of carbonyl (C=O) groups excluding carboxylic acids is 1. The molecule has 1 aliphatic heterocycles. The first-order valence-electron chi connectivity index (χ1n) is 9.58. The number of rotatable bonds is 5. The van der Waals surface area contributed by atoms with Crippen LogP contribution in [0.5, 0.6) is 0 Å². The van der Waals surface area contributed by atoms with Crippen molar-refractivity contribution in [1.29, 1.82) is 0 Å². The zero-order chi connectivity index (χ0) is 19.1. The fourth-order valence-electron chi connectivity index (χ4n) is 3.99. The maximum Gasteiger partial charge on any atom is 0.221 e. The number of halogens is 2. The number of aromatic nitrogens is 3. The summed E-state index contributed by atoms with van der Waals surface area (Å²) in [5, 5.41) is 1.94. The molecule has 0 atom stereocenters. The van der Waals surface area contributed by atoms with Crippen LogP contribution in [0.4, 0.5) is 0 Å². The molecule has 1 aliphatic rings. The van der Waals surface area contributed by atoms with E-state index in [9.17, 15) is 4.79 Å². The van der Waals surface area contributed by atoms with E-state index in [-0.39, 0.29) is 39.7 Å². The highest BCUT2D eigenvalue weighted by atomic mass is 79.9. The molecule has 4 heterocycles. The fourth-order valence-corrected chi connectivity index (χ4v) is 4.65. The van der Waals surface area contributed by atoms with E-state index in [1.807, 2.05) is 41.0 Å². The molecule has 1 fully saturated rings. The van der Waals surface area contributed by atoms with Crippen LogP contribution in [0.3, 0.4) is 0 Å². The number of aryl methyl sites for hydroxylation is 1. The molecule has 0 bridgehead atoms. The second kappa shape index (κ2) is 9.74. The van der Waals surface area contributed by atoms with Crippen molar-refractivity contribution in [2.75, 3.05) is 32.8 Å². The molecule has 9 heteroatoms. The van der Waals surface area contributed by atoms with E-state index in [1.165, 1.54) is 11.3 Å². The monoisotopic (exact) mass is 554 g/mol. The summed E-state index contributed by atoms with van der Waals surface area (Å²) in [5.74, 6) is 0.878. The lowest BCUT2D eigenvalue weighted by molar-refractivity contribution is 0.0366. The van der Waals surface area contributed by atoms with Crippen LogP contribution in [0.2, 0.25) is 0 Å². The van der Waals surface area contributed by atoms with Gasteiger partial charge in [0, 0.05) is 26.2 Å². The van der Waals surface area contributed by atoms with Crippen LogP contribution in [0, 0.1) is 6.92 Å². The van der Waals surface area contributed by atoms with Gasteiger partial charge in [0.25, 0.3) is 0 Å². The number of carbonyl (C=O) groups is 1. The third kappa shape index (κ3) is 4.01. The molecule has 1 aromatic carbocycles. The van der Waals surface area contributed by atoms with E-state index in [2.05, 4.69) is 21.6 Å². The summed E-state index contributed by atoms with van der Waals surface area (Å²) < 4.78 is 9.73. The highest BCUT2D eigenvalue weighted by molar-refractivity contribution is 8.93. The number of hydrogen-bond acceptors (Lipinski definition) is 5. The Morgan fingerprint density at radius 3 is 2.50 bits per heavy atom. The predicted octanol–water partition coefficient (Wildman–Crippen LogP) is 4.38. The average Bonchev–Trinajstić information content (AvgIpc) is 3.43. The Labute approximate surface area is 200 Å². The van der Waals surface area contributed by atoms with Crippen LogP contribution in [0.25, 0.3) is 16.8 Å². The van der Waals surface area contributed by atoms with Gasteiger partial charge in [-0.1, -0.05) is 18.2 Å². The Bertz CT molecular complexity index is 1150. The number of para-hydroxylation sites is 2. The zero-order valence-corrected chi connectivity index (χ0v) is 20.9. The molecule has 160 valence electrons. The summed E-state index contributed by atoms with van der Waals surface area (Å²) in [6.07, 6.45) is 0. The molecule has 0 radical (unpaired) electrons. The van der Waals surface area contributed by atoms with Crippen molar-refractivity contribution in [1.82, 2.24) is 18.9 Å². The number of benzene rings is 1. The van der Waals surface area contributed by atoms with E-state index in [4.69, 9.17) is 9.72 Å². The third-order valence-electron chi connectivity index (χ3n) is 5.39. The normalized spacial score (nSPS) is 14.6. The van der Waals surface area contributed by atoms with Crippen LogP contribution < -0.4 is 0 Å². The highest BCUT2D eigenvalue weighted by Crippen LogP contribution is 2.27. The largest absolute Gasteiger partial charge is 0.379 e. The number of morpholine rings is 1. The maximum atomic E-state index is 13.2. The van der Waals surface area contributed by atoms with Crippen LogP contribution in [0.15, 0.2) is 41.8 Å². The molecular formula is C21H24Br2N4O2S. The summed E-state index contributed by atoms with van der Waals surface area (Å²) in [4.78, 5) is 21.2. The summed E-state index contributed by atoms with van der Waals surface area (Å²) in [6, 6.07) is 12.0. The van der Waals surface area contributed by atoms with Crippen LogP contribution in [-0.4, -0.2) is 57.5 Å². The SMILES string of the molecule is Br.Br.Cc1nc2n(CCN3CCOCC3)c3ccccc3n2c1C(=O)c1cccs1. The van der Waals surface area contributed by atoms with Gasteiger partial charge in [-0.3, -0.25) is 14.1 Å². The number of ether oxygens (including phenoxy) is 1. The standard InChI is InChI=1S/C21H22N4O2S.2BrH/c1-15-19(20(26)18-7-4-14-28-18)25-17-6-3-2-5-16(17)24(21(25)22-15)9-8-23-10-12-27-13-11-23;;/h2-7,14H,8-13H2,1H3;2*1H. The predicted molar refractivity (Wildman–Crippen MR) is 131 cm³/mol. The average molecular weight is 556 g/mol. The van der Waals surface area contributed by atoms with Crippen molar-refractivity contribution >= 4 is 67.9 Å². The maximum absolute atomic E-state index is 13.2. The highest BCUT2D eigenvalue weighted by Gasteiger charge is 2.24. The summed E-state index contributed by atoms with van der Waals surface area (Å²) in [6.45, 7) is 7.22. The van der Waals surface area contributed by atoms with E-state index in [0.717, 1.165) is 66.8 Å². The van der Waals surface area contributed by atoms with Crippen LogP contribution in [0.1, 0.15) is 21.1 Å². The van der Waals surface area contributed by atoms with Crippen molar-refractivity contribution in [3.63, 3.8) is 0 Å².